The number of hydrogen-bond acceptors (Lipinski definition) is 6. The van der Waals surface area contributed by atoms with E-state index in [1.807, 2.05) is 30.3 Å². The van der Waals surface area contributed by atoms with Crippen molar-refractivity contribution in [1.82, 2.24) is 15.0 Å². The summed E-state index contributed by atoms with van der Waals surface area (Å²) in [5.74, 6) is 2.18. The van der Waals surface area contributed by atoms with E-state index < -0.39 is 6.10 Å². The molecule has 0 N–H and O–H groups in total. The predicted molar refractivity (Wildman–Crippen MR) is 87.9 cm³/mol. The minimum absolute atomic E-state index is 0.0455. The minimum atomic E-state index is -0.537. The number of aromatic nitrogens is 2. The van der Waals surface area contributed by atoms with E-state index in [4.69, 9.17) is 13.7 Å². The first-order valence-electron chi connectivity index (χ1n) is 8.08. The molecule has 1 aliphatic heterocycles. The molecule has 1 saturated heterocycles. The maximum absolute atomic E-state index is 12.4. The van der Waals surface area contributed by atoms with Crippen LogP contribution in [-0.4, -0.2) is 40.1 Å². The van der Waals surface area contributed by atoms with E-state index in [1.165, 1.54) is 0 Å². The Kier molecular flexibility index (Phi) is 3.97. The van der Waals surface area contributed by atoms with Gasteiger partial charge in [0.15, 0.2) is 11.9 Å². The third-order valence-corrected chi connectivity index (χ3v) is 4.13. The second-order valence-electron chi connectivity index (χ2n) is 5.95. The number of hydrogen-bond donors (Lipinski definition) is 0. The molecule has 1 fully saturated rings. The summed E-state index contributed by atoms with van der Waals surface area (Å²) >= 11 is 0. The molecular weight excluding hydrogens is 322 g/mol. The lowest BCUT2D eigenvalue weighted by atomic mass is 9.99. The molecule has 128 valence electrons. The quantitative estimate of drug-likeness (QED) is 0.711. The van der Waals surface area contributed by atoms with E-state index in [2.05, 4.69) is 10.1 Å². The van der Waals surface area contributed by atoms with Crippen molar-refractivity contribution in [2.75, 3.05) is 13.1 Å². The van der Waals surface area contributed by atoms with Gasteiger partial charge in [0.2, 0.25) is 11.7 Å². The zero-order valence-corrected chi connectivity index (χ0v) is 13.7. The lowest BCUT2D eigenvalue weighted by molar-refractivity contribution is -0.142. The van der Waals surface area contributed by atoms with E-state index in [9.17, 15) is 4.79 Å². The van der Waals surface area contributed by atoms with E-state index >= 15 is 0 Å². The Hall–Kier alpha value is -3.09. The van der Waals surface area contributed by atoms with Gasteiger partial charge in [-0.15, -0.1) is 0 Å². The Morgan fingerprint density at radius 2 is 2.04 bits per heavy atom. The van der Waals surface area contributed by atoms with Gasteiger partial charge in [-0.1, -0.05) is 23.4 Å². The fourth-order valence-electron chi connectivity index (χ4n) is 2.73. The molecule has 3 heterocycles. The first-order valence-corrected chi connectivity index (χ1v) is 8.08. The Morgan fingerprint density at radius 1 is 1.24 bits per heavy atom. The van der Waals surface area contributed by atoms with Gasteiger partial charge in [-0.3, -0.25) is 4.79 Å². The summed E-state index contributed by atoms with van der Waals surface area (Å²) in [6.45, 7) is 2.84. The van der Waals surface area contributed by atoms with Gasteiger partial charge in [0.25, 0.3) is 5.91 Å². The monoisotopic (exact) mass is 339 g/mol. The highest BCUT2D eigenvalue weighted by molar-refractivity contribution is 5.81. The number of carbonyl (C=O) groups excluding carboxylic acids is 1. The molecule has 0 spiro atoms. The smallest absolute Gasteiger partial charge is 0.263 e. The van der Waals surface area contributed by atoms with Crippen molar-refractivity contribution in [3.63, 3.8) is 0 Å². The standard InChI is InChI=1S/C18H17N3O4/c1-12(24-14-6-3-2-4-7-14)18(22)21-10-13(11-21)17-19-16(20-25-17)15-8-5-9-23-15/h2-9,12-13H,10-11H2,1H3/t12-/m1/s1. The Morgan fingerprint density at radius 3 is 2.76 bits per heavy atom. The largest absolute Gasteiger partial charge is 0.481 e. The number of furan rings is 1. The summed E-state index contributed by atoms with van der Waals surface area (Å²) in [7, 11) is 0. The van der Waals surface area contributed by atoms with E-state index in [1.54, 1.807) is 30.2 Å². The van der Waals surface area contributed by atoms with Crippen molar-refractivity contribution in [3.05, 3.63) is 54.6 Å². The first-order chi connectivity index (χ1) is 12.2. The summed E-state index contributed by atoms with van der Waals surface area (Å²) < 4.78 is 16.2. The van der Waals surface area contributed by atoms with Crippen LogP contribution in [-0.2, 0) is 4.79 Å². The van der Waals surface area contributed by atoms with Crippen LogP contribution in [0, 0.1) is 0 Å². The maximum atomic E-state index is 12.4. The molecule has 7 heteroatoms. The number of ether oxygens (including phenoxy) is 1. The van der Waals surface area contributed by atoms with E-state index in [-0.39, 0.29) is 11.8 Å². The summed E-state index contributed by atoms with van der Waals surface area (Å²) in [6, 6.07) is 12.9. The third kappa shape index (κ3) is 3.13. The molecule has 0 aliphatic carbocycles. The summed E-state index contributed by atoms with van der Waals surface area (Å²) in [6.07, 6.45) is 1.02. The van der Waals surface area contributed by atoms with Crippen molar-refractivity contribution >= 4 is 5.91 Å². The average molecular weight is 339 g/mol. The van der Waals surface area contributed by atoms with Crippen LogP contribution in [0.3, 0.4) is 0 Å². The molecular formula is C18H17N3O4. The number of benzene rings is 1. The lowest BCUT2D eigenvalue weighted by Crippen LogP contribution is -2.52. The van der Waals surface area contributed by atoms with Crippen LogP contribution in [0.1, 0.15) is 18.7 Å². The van der Waals surface area contributed by atoms with E-state index in [0.29, 0.717) is 36.3 Å². The van der Waals surface area contributed by atoms with Crippen molar-refractivity contribution < 1.29 is 18.5 Å². The lowest BCUT2D eigenvalue weighted by Gasteiger charge is -2.38. The average Bonchev–Trinajstić information content (AvgIpc) is 3.25. The summed E-state index contributed by atoms with van der Waals surface area (Å²) in [5.41, 5.74) is 0. The van der Waals surface area contributed by atoms with Gasteiger partial charge in [0.1, 0.15) is 5.75 Å². The first kappa shape index (κ1) is 15.4. The topological polar surface area (TPSA) is 81.6 Å². The normalized spacial score (nSPS) is 15.6. The number of rotatable bonds is 5. The highest BCUT2D eigenvalue weighted by Gasteiger charge is 2.38. The van der Waals surface area contributed by atoms with Crippen LogP contribution in [0.4, 0.5) is 0 Å². The molecule has 4 rings (SSSR count). The van der Waals surface area contributed by atoms with Crippen molar-refractivity contribution in [2.45, 2.75) is 18.9 Å². The highest BCUT2D eigenvalue weighted by Crippen LogP contribution is 2.28. The molecule has 1 aliphatic rings. The second-order valence-corrected chi connectivity index (χ2v) is 5.95. The summed E-state index contributed by atoms with van der Waals surface area (Å²) in [4.78, 5) is 18.5. The van der Waals surface area contributed by atoms with Gasteiger partial charge >= 0.3 is 0 Å². The molecule has 3 aromatic rings. The van der Waals surface area contributed by atoms with Gasteiger partial charge < -0.3 is 18.6 Å². The molecule has 0 saturated carbocycles. The SMILES string of the molecule is C[C@@H](Oc1ccccc1)C(=O)N1CC(c2nc(-c3ccco3)no2)C1. The zero-order valence-electron chi connectivity index (χ0n) is 13.7. The fourth-order valence-corrected chi connectivity index (χ4v) is 2.73. The molecule has 1 aromatic carbocycles. The van der Waals surface area contributed by atoms with Gasteiger partial charge in [-0.2, -0.15) is 4.98 Å². The van der Waals surface area contributed by atoms with Crippen LogP contribution in [0.25, 0.3) is 11.6 Å². The molecule has 0 bridgehead atoms. The Balaban J connectivity index is 1.33. The highest BCUT2D eigenvalue weighted by atomic mass is 16.5. The van der Waals surface area contributed by atoms with Crippen LogP contribution in [0.5, 0.6) is 5.75 Å². The summed E-state index contributed by atoms with van der Waals surface area (Å²) in [5, 5.41) is 3.91. The molecule has 2 aromatic heterocycles. The van der Waals surface area contributed by atoms with Crippen LogP contribution >= 0.6 is 0 Å². The van der Waals surface area contributed by atoms with Crippen molar-refractivity contribution in [2.24, 2.45) is 0 Å². The van der Waals surface area contributed by atoms with Crippen molar-refractivity contribution in [1.29, 1.82) is 0 Å². The van der Waals surface area contributed by atoms with Crippen molar-refractivity contribution in [3.8, 4) is 17.3 Å². The maximum Gasteiger partial charge on any atom is 0.263 e. The zero-order chi connectivity index (χ0) is 17.2. The van der Waals surface area contributed by atoms with E-state index in [0.717, 1.165) is 0 Å². The predicted octanol–water partition coefficient (Wildman–Crippen LogP) is 2.72. The second kappa shape index (κ2) is 6.43. The van der Waals surface area contributed by atoms with Gasteiger partial charge in [0.05, 0.1) is 12.2 Å². The number of amides is 1. The third-order valence-electron chi connectivity index (χ3n) is 4.13. The Bertz CT molecular complexity index is 838. The molecule has 1 amide bonds. The minimum Gasteiger partial charge on any atom is -0.481 e. The fraction of sp³-hybridized carbons (Fsp3) is 0.278. The number of likely N-dealkylation sites (tertiary alicyclic amines) is 1. The number of para-hydroxylation sites is 1. The molecule has 7 nitrogen and oxygen atoms in total. The molecule has 0 unspecified atom stereocenters. The van der Waals surface area contributed by atoms with Gasteiger partial charge in [-0.25, -0.2) is 0 Å². The van der Waals surface area contributed by atoms with Gasteiger partial charge in [0, 0.05) is 13.1 Å². The molecule has 0 radical (unpaired) electrons. The number of nitrogens with zero attached hydrogens (tertiary/aromatic N) is 3. The van der Waals surface area contributed by atoms with Crippen LogP contribution in [0.15, 0.2) is 57.7 Å². The van der Waals surface area contributed by atoms with Crippen LogP contribution < -0.4 is 4.74 Å². The van der Waals surface area contributed by atoms with Crippen LogP contribution in [0.2, 0.25) is 0 Å². The van der Waals surface area contributed by atoms with Gasteiger partial charge in [-0.05, 0) is 31.2 Å². The number of carbonyl (C=O) groups is 1. The molecule has 25 heavy (non-hydrogen) atoms. The molecule has 1 atom stereocenters. The Labute approximate surface area is 144 Å².